The first-order valence-electron chi connectivity index (χ1n) is 19.1. The second kappa shape index (κ2) is 21.3. The van der Waals surface area contributed by atoms with E-state index in [-0.39, 0.29) is 65.9 Å². The van der Waals surface area contributed by atoms with Gasteiger partial charge >= 0.3 is 5.97 Å². The molecule has 0 spiro atoms. The van der Waals surface area contributed by atoms with E-state index in [2.05, 4.69) is 15.4 Å². The van der Waals surface area contributed by atoms with E-state index >= 15 is 0 Å². The van der Waals surface area contributed by atoms with E-state index in [0.29, 0.717) is 83.8 Å². The third-order valence-electron chi connectivity index (χ3n) is 10.0. The van der Waals surface area contributed by atoms with Crippen LogP contribution in [0.15, 0.2) is 24.3 Å². The molecule has 0 radical (unpaired) electrons. The lowest BCUT2D eigenvalue weighted by Gasteiger charge is -2.24. The third kappa shape index (κ3) is 13.2. The standard InChI is InChI=1S/C29H43N5O6.C12H16O3/c1-19-15-23(16-20(2)27(19)38)5-6-24(35)32(11-7-30-9-13-33-25(36)17-21(3)28(33)39)12-8-31-10-14-34-26(37)18-22(4)29(34)40;1-8-6-10(4-5-11(13)15-3)7-9(2)12(8)14/h15-16,21-22,30-31,38H,5-14,17-18H2,1-4H3;6-7,14H,4-5H2,1-3H3. The van der Waals surface area contributed by atoms with Crippen molar-refractivity contribution in [2.24, 2.45) is 11.8 Å². The van der Waals surface area contributed by atoms with Gasteiger partial charge in [-0.15, -0.1) is 0 Å². The summed E-state index contributed by atoms with van der Waals surface area (Å²) < 4.78 is 4.57. The number of carbonyl (C=O) groups excluding carboxylic acids is 6. The minimum atomic E-state index is -0.264. The van der Waals surface area contributed by atoms with E-state index in [0.717, 1.165) is 33.4 Å². The Morgan fingerprint density at radius 3 is 1.42 bits per heavy atom. The highest BCUT2D eigenvalue weighted by Crippen LogP contribution is 2.25. The van der Waals surface area contributed by atoms with Crippen LogP contribution >= 0.6 is 0 Å². The van der Waals surface area contributed by atoms with E-state index in [1.807, 2.05) is 52.0 Å². The molecule has 2 aliphatic heterocycles. The van der Waals surface area contributed by atoms with Gasteiger partial charge in [0, 0.05) is 89.9 Å². The zero-order valence-corrected chi connectivity index (χ0v) is 33.5. The fraction of sp³-hybridized carbons (Fsp3) is 0.561. The molecule has 14 heteroatoms. The fourth-order valence-electron chi connectivity index (χ4n) is 6.73. The number of esters is 1. The third-order valence-corrected chi connectivity index (χ3v) is 10.0. The number of aromatic hydroxyl groups is 2. The number of carbonyl (C=O) groups is 6. The van der Waals surface area contributed by atoms with Crippen molar-refractivity contribution in [2.45, 2.75) is 80.1 Å². The molecule has 4 N–H and O–H groups in total. The van der Waals surface area contributed by atoms with Crippen LogP contribution in [0.25, 0.3) is 0 Å². The average Bonchev–Trinajstić information content (AvgIpc) is 3.54. The van der Waals surface area contributed by atoms with Crippen LogP contribution in [0, 0.1) is 39.5 Å². The highest BCUT2D eigenvalue weighted by atomic mass is 16.5. The van der Waals surface area contributed by atoms with Crippen LogP contribution in [0.4, 0.5) is 0 Å². The molecule has 2 unspecified atom stereocenters. The number of phenols is 2. The summed E-state index contributed by atoms with van der Waals surface area (Å²) in [5, 5.41) is 26.1. The van der Waals surface area contributed by atoms with Crippen LogP contribution in [0.3, 0.4) is 0 Å². The second-order valence-corrected chi connectivity index (χ2v) is 14.6. The Kier molecular flexibility index (Phi) is 17.3. The summed E-state index contributed by atoms with van der Waals surface area (Å²) in [6.45, 7) is 14.3. The molecule has 14 nitrogen and oxygen atoms in total. The van der Waals surface area contributed by atoms with Gasteiger partial charge in [-0.1, -0.05) is 38.1 Å². The van der Waals surface area contributed by atoms with Gasteiger partial charge in [-0.2, -0.15) is 0 Å². The van der Waals surface area contributed by atoms with E-state index in [1.165, 1.54) is 16.9 Å². The number of likely N-dealkylation sites (tertiary alicyclic amines) is 2. The van der Waals surface area contributed by atoms with Crippen LogP contribution < -0.4 is 10.6 Å². The van der Waals surface area contributed by atoms with Gasteiger partial charge in [0.25, 0.3) is 0 Å². The van der Waals surface area contributed by atoms with Gasteiger partial charge in [0.2, 0.25) is 29.5 Å². The maximum atomic E-state index is 13.2. The molecule has 4 rings (SSSR count). The zero-order chi connectivity index (χ0) is 40.8. The van der Waals surface area contributed by atoms with Gasteiger partial charge in [-0.3, -0.25) is 38.6 Å². The Hall–Kier alpha value is -4.82. The summed E-state index contributed by atoms with van der Waals surface area (Å²) in [6, 6.07) is 7.58. The molecule has 0 saturated carbocycles. The van der Waals surface area contributed by atoms with Crippen LogP contribution in [0.1, 0.15) is 72.9 Å². The summed E-state index contributed by atoms with van der Waals surface area (Å²) >= 11 is 0. The molecule has 0 aromatic heterocycles. The molecule has 2 heterocycles. The number of hydrogen-bond acceptors (Lipinski definition) is 11. The smallest absolute Gasteiger partial charge is 0.305 e. The van der Waals surface area contributed by atoms with E-state index in [9.17, 15) is 39.0 Å². The number of nitrogens with one attached hydrogen (secondary N) is 2. The molecule has 55 heavy (non-hydrogen) atoms. The average molecular weight is 766 g/mol. The number of hydrogen-bond donors (Lipinski definition) is 4. The van der Waals surface area contributed by atoms with Crippen molar-refractivity contribution in [1.82, 2.24) is 25.3 Å². The Balaban J connectivity index is 0.000000452. The molecular formula is C41H59N5O9. The van der Waals surface area contributed by atoms with Gasteiger partial charge in [-0.25, -0.2) is 0 Å². The van der Waals surface area contributed by atoms with Crippen molar-refractivity contribution in [3.63, 3.8) is 0 Å². The second-order valence-electron chi connectivity index (χ2n) is 14.6. The molecule has 2 saturated heterocycles. The minimum absolute atomic E-state index is 0.00979. The molecule has 2 aliphatic rings. The van der Waals surface area contributed by atoms with E-state index < -0.39 is 0 Å². The number of aryl methyl sites for hydroxylation is 6. The van der Waals surface area contributed by atoms with E-state index in [4.69, 9.17) is 0 Å². The van der Waals surface area contributed by atoms with Crippen LogP contribution in [-0.2, 0) is 46.3 Å². The number of benzene rings is 2. The van der Waals surface area contributed by atoms with Gasteiger partial charge < -0.3 is 30.5 Å². The van der Waals surface area contributed by atoms with Gasteiger partial charge in [-0.05, 0) is 73.9 Å². The van der Waals surface area contributed by atoms with Crippen molar-refractivity contribution in [2.75, 3.05) is 59.5 Å². The number of phenolic OH excluding ortho intramolecular Hbond substituents is 2. The van der Waals surface area contributed by atoms with Gasteiger partial charge in [0.1, 0.15) is 11.5 Å². The highest BCUT2D eigenvalue weighted by molar-refractivity contribution is 6.03. The molecule has 2 aromatic rings. The molecule has 2 fully saturated rings. The first-order valence-corrected chi connectivity index (χ1v) is 19.1. The Labute approximate surface area is 324 Å². The lowest BCUT2D eigenvalue weighted by molar-refractivity contribution is -0.141. The predicted octanol–water partition coefficient (Wildman–Crippen LogP) is 2.85. The van der Waals surface area contributed by atoms with E-state index in [1.54, 1.807) is 18.7 Å². The highest BCUT2D eigenvalue weighted by Gasteiger charge is 2.35. The number of imide groups is 2. The summed E-state index contributed by atoms with van der Waals surface area (Å²) in [5.74, 6) is -0.713. The lowest BCUT2D eigenvalue weighted by Crippen LogP contribution is -2.43. The molecular weight excluding hydrogens is 706 g/mol. The molecule has 302 valence electrons. The maximum absolute atomic E-state index is 13.2. The van der Waals surface area contributed by atoms with Crippen LogP contribution in [0.5, 0.6) is 11.5 Å². The molecule has 2 atom stereocenters. The molecule has 2 aromatic carbocycles. The number of ether oxygens (including phenoxy) is 1. The number of nitrogens with zero attached hydrogens (tertiary/aromatic N) is 3. The number of rotatable bonds is 18. The first-order chi connectivity index (χ1) is 26.0. The van der Waals surface area contributed by atoms with Crippen molar-refractivity contribution in [3.05, 3.63) is 57.6 Å². The van der Waals surface area contributed by atoms with Crippen molar-refractivity contribution in [1.29, 1.82) is 0 Å². The number of amides is 5. The maximum Gasteiger partial charge on any atom is 0.305 e. The summed E-state index contributed by atoms with van der Waals surface area (Å²) in [6.07, 6.45) is 2.40. The van der Waals surface area contributed by atoms with Gasteiger partial charge in [0.15, 0.2) is 0 Å². The largest absolute Gasteiger partial charge is 0.507 e. The Morgan fingerprint density at radius 2 is 1.07 bits per heavy atom. The normalized spacial score (nSPS) is 16.8. The SMILES string of the molecule is COC(=O)CCc1cc(C)c(O)c(C)c1.Cc1cc(CCC(=O)N(CCNCCN2C(=O)CC(C)C2=O)CCNCCN2C(=O)CC(C)C2=O)cc(C)c1O. The Bertz CT molecular complexity index is 1610. The van der Waals surface area contributed by atoms with Crippen molar-refractivity contribution < 1.29 is 43.7 Å². The van der Waals surface area contributed by atoms with Crippen LogP contribution in [0.2, 0.25) is 0 Å². The minimum Gasteiger partial charge on any atom is -0.507 e. The first kappa shape index (κ1) is 44.6. The molecule has 0 bridgehead atoms. The summed E-state index contributed by atoms with van der Waals surface area (Å²) in [4.78, 5) is 76.6. The molecule has 0 aliphatic carbocycles. The van der Waals surface area contributed by atoms with Crippen LogP contribution in [-0.4, -0.2) is 120 Å². The summed E-state index contributed by atoms with van der Waals surface area (Å²) in [5.41, 5.74) is 5.28. The quantitative estimate of drug-likeness (QED) is 0.0994. The van der Waals surface area contributed by atoms with Crippen molar-refractivity contribution in [3.8, 4) is 11.5 Å². The fourth-order valence-corrected chi connectivity index (χ4v) is 6.73. The predicted molar refractivity (Wildman–Crippen MR) is 207 cm³/mol. The monoisotopic (exact) mass is 765 g/mol. The lowest BCUT2D eigenvalue weighted by atomic mass is 10.0. The topological polar surface area (TPSA) is 186 Å². The Morgan fingerprint density at radius 1 is 0.691 bits per heavy atom. The van der Waals surface area contributed by atoms with Gasteiger partial charge in [0.05, 0.1) is 7.11 Å². The molecule has 5 amide bonds. The summed E-state index contributed by atoms with van der Waals surface area (Å²) in [7, 11) is 1.38. The zero-order valence-electron chi connectivity index (χ0n) is 33.5. The number of methoxy groups -OCH3 is 1. The van der Waals surface area contributed by atoms with Crippen molar-refractivity contribution >= 4 is 35.5 Å².